The maximum atomic E-state index is 4.62. The Bertz CT molecular complexity index is 1320. The van der Waals surface area contributed by atoms with Gasteiger partial charge in [-0.3, -0.25) is 0 Å². The minimum absolute atomic E-state index is 0. The van der Waals surface area contributed by atoms with Gasteiger partial charge in [0.2, 0.25) is 0 Å². The van der Waals surface area contributed by atoms with Crippen molar-refractivity contribution in [2.24, 2.45) is 0 Å². The van der Waals surface area contributed by atoms with Gasteiger partial charge in [-0.15, -0.1) is 52.6 Å². The number of nitrogens with zero attached hydrogens (tertiary/aromatic N) is 3. The third-order valence-corrected chi connectivity index (χ3v) is 6.20. The van der Waals surface area contributed by atoms with E-state index in [1.165, 1.54) is 26.4 Å². The summed E-state index contributed by atoms with van der Waals surface area (Å²) < 4.78 is 1.27. The van der Waals surface area contributed by atoms with Crippen molar-refractivity contribution in [3.8, 4) is 11.3 Å². The molecule has 0 aliphatic carbocycles. The first kappa shape index (κ1) is 27.2. The summed E-state index contributed by atoms with van der Waals surface area (Å²) in [7, 11) is 0. The average molecular weight is 657 g/mol. The fourth-order valence-corrected chi connectivity index (χ4v) is 4.63. The minimum atomic E-state index is -0.00815. The van der Waals surface area contributed by atoms with E-state index in [1.54, 1.807) is 11.3 Å². The molecule has 2 heterocycles. The van der Waals surface area contributed by atoms with Crippen LogP contribution in [0.4, 0.5) is 0 Å². The fraction of sp³-hybridized carbons (Fsp3) is 0.233. The standard InChI is InChI=1S/C17H10NS.C13H20N2.Ir/c1-2-6-13-12(4-1)5-3-7-14(13)17-15-9-11-19-16(15)8-10-18-17;1-10(2)14-13(15-11(3)4)12-8-6-5-7-9-12;/h1-6,8-11H;5-11,13H,1-4H3;/q-1;-2;+3. The molecule has 3 aromatic carbocycles. The van der Waals surface area contributed by atoms with Gasteiger partial charge in [-0.05, 0) is 22.5 Å². The van der Waals surface area contributed by atoms with Crippen molar-refractivity contribution in [2.45, 2.75) is 45.9 Å². The zero-order chi connectivity index (χ0) is 23.9. The third kappa shape index (κ3) is 7.06. The molecule has 3 nitrogen and oxygen atoms in total. The van der Waals surface area contributed by atoms with Crippen LogP contribution in [-0.2, 0) is 20.1 Å². The predicted octanol–water partition coefficient (Wildman–Crippen LogP) is 9.16. The van der Waals surface area contributed by atoms with Gasteiger partial charge < -0.3 is 15.6 Å². The van der Waals surface area contributed by atoms with Gasteiger partial charge in [0.25, 0.3) is 0 Å². The Morgan fingerprint density at radius 2 is 1.46 bits per heavy atom. The maximum Gasteiger partial charge on any atom is 3.00 e. The molecule has 0 N–H and O–H groups in total. The molecule has 0 saturated heterocycles. The van der Waals surface area contributed by atoms with Crippen LogP contribution < -0.4 is 0 Å². The molecule has 2 aromatic heterocycles. The second kappa shape index (κ2) is 13.1. The van der Waals surface area contributed by atoms with Crippen LogP contribution in [0.3, 0.4) is 0 Å². The summed E-state index contributed by atoms with van der Waals surface area (Å²) in [4.78, 5) is 4.57. The Kier molecular flexibility index (Phi) is 10.1. The largest absolute Gasteiger partial charge is 3.00 e. The van der Waals surface area contributed by atoms with E-state index in [0.29, 0.717) is 12.1 Å². The van der Waals surface area contributed by atoms with E-state index in [2.05, 4.69) is 109 Å². The summed E-state index contributed by atoms with van der Waals surface area (Å²) in [6.07, 6.45) is 1.87. The number of fused-ring (bicyclic) bond motifs is 2. The van der Waals surface area contributed by atoms with Gasteiger partial charge in [0.1, 0.15) is 0 Å². The first-order chi connectivity index (χ1) is 16.5. The van der Waals surface area contributed by atoms with E-state index in [9.17, 15) is 0 Å². The number of pyridine rings is 1. The van der Waals surface area contributed by atoms with Crippen molar-refractivity contribution in [3.05, 3.63) is 113 Å². The summed E-state index contributed by atoms with van der Waals surface area (Å²) in [5.74, 6) is 0. The molecule has 0 aliphatic rings. The Balaban J connectivity index is 0.000000197. The van der Waals surface area contributed by atoms with Crippen molar-refractivity contribution in [3.63, 3.8) is 0 Å². The quantitative estimate of drug-likeness (QED) is 0.168. The first-order valence-electron chi connectivity index (χ1n) is 11.7. The molecule has 5 rings (SSSR count). The van der Waals surface area contributed by atoms with Crippen LogP contribution in [-0.4, -0.2) is 17.1 Å². The van der Waals surface area contributed by atoms with Gasteiger partial charge in [-0.1, -0.05) is 99.3 Å². The van der Waals surface area contributed by atoms with E-state index in [4.69, 9.17) is 0 Å². The summed E-state index contributed by atoms with van der Waals surface area (Å²) in [6.45, 7) is 8.36. The first-order valence-corrected chi connectivity index (χ1v) is 12.6. The van der Waals surface area contributed by atoms with E-state index in [-0.39, 0.29) is 26.3 Å². The Labute approximate surface area is 226 Å². The van der Waals surface area contributed by atoms with E-state index < -0.39 is 0 Å². The van der Waals surface area contributed by atoms with Crippen LogP contribution in [0.2, 0.25) is 0 Å². The molecular formula is C30H30IrN3S. The van der Waals surface area contributed by atoms with E-state index in [1.807, 2.05) is 30.5 Å². The normalized spacial score (nSPS) is 11.1. The van der Waals surface area contributed by atoms with Gasteiger partial charge in [0, 0.05) is 10.9 Å². The number of rotatable bonds is 6. The number of hydrogen-bond donors (Lipinski definition) is 0. The van der Waals surface area contributed by atoms with Crippen LogP contribution in [0.25, 0.3) is 42.7 Å². The number of benzene rings is 3. The SMILES string of the molecule is CC(C)[N-]C([N-]C(C)C)c1ccccc1.[Ir+3].[c-]1ccc2ccccc2c1-c1nccc2sccc12. The second-order valence-corrected chi connectivity index (χ2v) is 9.65. The summed E-state index contributed by atoms with van der Waals surface area (Å²) in [6, 6.07) is 30.9. The number of aromatic nitrogens is 1. The van der Waals surface area contributed by atoms with Gasteiger partial charge in [-0.25, -0.2) is 6.17 Å². The molecule has 0 aliphatic heterocycles. The van der Waals surface area contributed by atoms with Crippen LogP contribution in [0, 0.1) is 6.07 Å². The van der Waals surface area contributed by atoms with Crippen molar-refractivity contribution >= 4 is 32.2 Å². The number of thiophene rings is 1. The Hall–Kier alpha value is -2.40. The average Bonchev–Trinajstić information content (AvgIpc) is 3.33. The van der Waals surface area contributed by atoms with E-state index >= 15 is 0 Å². The molecule has 35 heavy (non-hydrogen) atoms. The van der Waals surface area contributed by atoms with Gasteiger partial charge in [0.05, 0.1) is 0 Å². The molecule has 0 spiro atoms. The molecule has 0 unspecified atom stereocenters. The second-order valence-electron chi connectivity index (χ2n) is 8.70. The third-order valence-electron chi connectivity index (χ3n) is 5.31. The maximum absolute atomic E-state index is 4.62. The van der Waals surface area contributed by atoms with Gasteiger partial charge in [0.15, 0.2) is 0 Å². The minimum Gasteiger partial charge on any atom is -0.672 e. The summed E-state index contributed by atoms with van der Waals surface area (Å²) >= 11 is 1.75. The van der Waals surface area contributed by atoms with Crippen LogP contribution >= 0.6 is 11.3 Å². The van der Waals surface area contributed by atoms with Crippen molar-refractivity contribution in [1.29, 1.82) is 0 Å². The zero-order valence-corrected chi connectivity index (χ0v) is 23.7. The Morgan fingerprint density at radius 1 is 0.771 bits per heavy atom. The molecule has 0 amide bonds. The molecule has 0 atom stereocenters. The monoisotopic (exact) mass is 657 g/mol. The number of hydrogen-bond acceptors (Lipinski definition) is 2. The molecule has 5 heteroatoms. The molecule has 0 saturated carbocycles. The summed E-state index contributed by atoms with van der Waals surface area (Å²) in [5, 5.41) is 15.0. The fourth-order valence-electron chi connectivity index (χ4n) is 3.85. The van der Waals surface area contributed by atoms with Crippen molar-refractivity contribution in [1.82, 2.24) is 4.98 Å². The van der Waals surface area contributed by atoms with Crippen LogP contribution in [0.15, 0.2) is 90.4 Å². The molecule has 0 fully saturated rings. The van der Waals surface area contributed by atoms with Crippen molar-refractivity contribution in [2.75, 3.05) is 0 Å². The molecular weight excluding hydrogens is 627 g/mol. The van der Waals surface area contributed by atoms with Crippen LogP contribution in [0.1, 0.15) is 39.4 Å². The molecule has 5 aromatic rings. The van der Waals surface area contributed by atoms with Gasteiger partial charge >= 0.3 is 20.1 Å². The van der Waals surface area contributed by atoms with E-state index in [0.717, 1.165) is 11.3 Å². The molecule has 0 bridgehead atoms. The van der Waals surface area contributed by atoms with Crippen molar-refractivity contribution < 1.29 is 20.1 Å². The Morgan fingerprint density at radius 3 is 2.17 bits per heavy atom. The topological polar surface area (TPSA) is 41.1 Å². The zero-order valence-electron chi connectivity index (χ0n) is 20.5. The van der Waals surface area contributed by atoms with Crippen LogP contribution in [0.5, 0.6) is 0 Å². The molecule has 180 valence electrons. The summed E-state index contributed by atoms with van der Waals surface area (Å²) in [5.41, 5.74) is 3.29. The smallest absolute Gasteiger partial charge is 0.672 e. The van der Waals surface area contributed by atoms with Gasteiger partial charge in [-0.2, -0.15) is 0 Å². The molecule has 0 radical (unpaired) electrons. The predicted molar refractivity (Wildman–Crippen MR) is 148 cm³/mol.